The Bertz CT molecular complexity index is 1050. The quantitative estimate of drug-likeness (QED) is 0.461. The van der Waals surface area contributed by atoms with E-state index in [1.165, 1.54) is 30.6 Å². The number of halogens is 3. The van der Waals surface area contributed by atoms with Crippen LogP contribution in [-0.2, 0) is 17.9 Å². The molecule has 1 saturated carbocycles. The fraction of sp³-hybridized carbons (Fsp3) is 0.478. The number of alkyl halides is 3. The number of aromatic nitrogens is 5. The van der Waals surface area contributed by atoms with Crippen LogP contribution in [0.5, 0.6) is 11.5 Å². The van der Waals surface area contributed by atoms with Gasteiger partial charge < -0.3 is 14.0 Å². The molecular formula is C23H26F3N5O3. The smallest absolute Gasteiger partial charge is 0.493 e. The van der Waals surface area contributed by atoms with Crippen LogP contribution in [0.4, 0.5) is 13.2 Å². The monoisotopic (exact) mass is 477 g/mol. The summed E-state index contributed by atoms with van der Waals surface area (Å²) in [6.07, 6.45) is 5.81. The van der Waals surface area contributed by atoms with Crippen molar-refractivity contribution >= 4 is 5.78 Å². The highest BCUT2D eigenvalue weighted by Gasteiger charge is 2.45. The first-order chi connectivity index (χ1) is 16.2. The number of imidazole rings is 1. The molecule has 0 unspecified atom stereocenters. The molecule has 2 aromatic heterocycles. The molecular weight excluding hydrogens is 451 g/mol. The summed E-state index contributed by atoms with van der Waals surface area (Å²) in [6, 6.07) is 5.25. The van der Waals surface area contributed by atoms with E-state index < -0.39 is 11.8 Å². The second-order valence-corrected chi connectivity index (χ2v) is 8.83. The molecule has 0 radical (unpaired) electrons. The van der Waals surface area contributed by atoms with Gasteiger partial charge in [-0.25, -0.2) is 9.97 Å². The zero-order valence-electron chi connectivity index (χ0n) is 18.7. The van der Waals surface area contributed by atoms with Gasteiger partial charge in [0, 0.05) is 36.2 Å². The molecule has 11 heteroatoms. The van der Waals surface area contributed by atoms with E-state index >= 15 is 0 Å². The van der Waals surface area contributed by atoms with Crippen molar-refractivity contribution in [2.75, 3.05) is 6.61 Å². The van der Waals surface area contributed by atoms with Crippen LogP contribution in [0.25, 0.3) is 0 Å². The second-order valence-electron chi connectivity index (χ2n) is 8.83. The fourth-order valence-electron chi connectivity index (χ4n) is 4.43. The number of hydrogen-bond donors (Lipinski definition) is 0. The van der Waals surface area contributed by atoms with E-state index in [1.54, 1.807) is 23.5 Å². The minimum Gasteiger partial charge on any atom is -0.493 e. The fourth-order valence-corrected chi connectivity index (χ4v) is 4.43. The van der Waals surface area contributed by atoms with Gasteiger partial charge in [-0.05, 0) is 43.5 Å². The van der Waals surface area contributed by atoms with Crippen molar-refractivity contribution in [3.8, 4) is 11.5 Å². The third kappa shape index (κ3) is 5.95. The lowest BCUT2D eigenvalue weighted by atomic mass is 9.64. The molecule has 1 aromatic carbocycles. The third-order valence-electron chi connectivity index (χ3n) is 6.42. The minimum atomic E-state index is -4.75. The number of ether oxygens (including phenoxy) is 2. The second kappa shape index (κ2) is 9.86. The molecule has 182 valence electrons. The number of carbonyl (C=O) groups is 1. The molecule has 2 heterocycles. The molecule has 3 aromatic rings. The summed E-state index contributed by atoms with van der Waals surface area (Å²) >= 11 is 0. The predicted octanol–water partition coefficient (Wildman–Crippen LogP) is 4.14. The third-order valence-corrected chi connectivity index (χ3v) is 6.42. The first kappa shape index (κ1) is 23.8. The highest BCUT2D eigenvalue weighted by molar-refractivity contribution is 5.87. The van der Waals surface area contributed by atoms with Crippen LogP contribution >= 0.6 is 0 Å². The molecule has 0 saturated heterocycles. The van der Waals surface area contributed by atoms with Crippen LogP contribution in [-0.4, -0.2) is 43.1 Å². The van der Waals surface area contributed by atoms with Crippen molar-refractivity contribution in [2.45, 2.75) is 45.6 Å². The van der Waals surface area contributed by atoms with Gasteiger partial charge >= 0.3 is 6.36 Å². The van der Waals surface area contributed by atoms with E-state index in [-0.39, 0.29) is 30.0 Å². The Morgan fingerprint density at radius 1 is 1.15 bits per heavy atom. The van der Waals surface area contributed by atoms with Crippen LogP contribution in [0.15, 0.2) is 55.6 Å². The Hall–Kier alpha value is -3.37. The molecule has 0 aliphatic heterocycles. The number of carbonyl (C=O) groups excluding carboxylic acids is 1. The van der Waals surface area contributed by atoms with E-state index in [9.17, 15) is 18.0 Å². The summed E-state index contributed by atoms with van der Waals surface area (Å²) in [4.78, 5) is 21.7. The molecule has 0 amide bonds. The number of rotatable bonds is 9. The molecule has 1 aliphatic carbocycles. The average molecular weight is 477 g/mol. The van der Waals surface area contributed by atoms with Gasteiger partial charge in [0.1, 0.15) is 29.9 Å². The first-order valence-electron chi connectivity index (χ1n) is 11.0. The standard InChI is InChI=1S/C23H26F3N5O3/c1-22(8-10-30-11-9-27-15-30)7-6-17(20(21(22)32)12-31-16-28-14-29-31)13-33-18-2-4-19(5-3-18)34-23(24,25)26/h2-5,9,11,14-17,20H,6-8,10,12-13H2,1H3/t17-,20-,22-/m0/s1. The number of Topliss-reactive ketones (excluding diaryl/α,β-unsaturated/α-hetero) is 1. The van der Waals surface area contributed by atoms with E-state index in [1.807, 2.05) is 17.7 Å². The van der Waals surface area contributed by atoms with Crippen LogP contribution in [0.3, 0.4) is 0 Å². The van der Waals surface area contributed by atoms with Crippen LogP contribution in [0.2, 0.25) is 0 Å². The molecule has 0 spiro atoms. The van der Waals surface area contributed by atoms with Crippen LogP contribution < -0.4 is 9.47 Å². The van der Waals surface area contributed by atoms with Crippen molar-refractivity contribution in [3.63, 3.8) is 0 Å². The van der Waals surface area contributed by atoms with Gasteiger partial charge in [0.05, 0.1) is 19.5 Å². The first-order valence-corrected chi connectivity index (χ1v) is 11.0. The maximum atomic E-state index is 13.7. The molecule has 0 bridgehead atoms. The number of ketones is 1. The van der Waals surface area contributed by atoms with Gasteiger partial charge in [0.15, 0.2) is 0 Å². The van der Waals surface area contributed by atoms with Gasteiger partial charge in [-0.3, -0.25) is 9.48 Å². The summed E-state index contributed by atoms with van der Waals surface area (Å²) in [7, 11) is 0. The van der Waals surface area contributed by atoms with Gasteiger partial charge in [-0.2, -0.15) is 5.10 Å². The maximum Gasteiger partial charge on any atom is 0.573 e. The lowest BCUT2D eigenvalue weighted by molar-refractivity contribution is -0.274. The summed E-state index contributed by atoms with van der Waals surface area (Å²) in [6.45, 7) is 3.37. The highest BCUT2D eigenvalue weighted by Crippen LogP contribution is 2.43. The number of benzene rings is 1. The Kier molecular flexibility index (Phi) is 6.90. The van der Waals surface area contributed by atoms with Crippen molar-refractivity contribution in [2.24, 2.45) is 17.3 Å². The maximum absolute atomic E-state index is 13.7. The van der Waals surface area contributed by atoms with Crippen molar-refractivity contribution < 1.29 is 27.4 Å². The summed E-state index contributed by atoms with van der Waals surface area (Å²) in [5.74, 6) is -0.127. The zero-order valence-corrected chi connectivity index (χ0v) is 18.7. The van der Waals surface area contributed by atoms with Crippen LogP contribution in [0.1, 0.15) is 26.2 Å². The van der Waals surface area contributed by atoms with Gasteiger partial charge in [-0.1, -0.05) is 6.92 Å². The molecule has 34 heavy (non-hydrogen) atoms. The number of aryl methyl sites for hydroxylation is 1. The lowest BCUT2D eigenvalue weighted by Gasteiger charge is -2.41. The molecule has 1 aliphatic rings. The van der Waals surface area contributed by atoms with E-state index in [0.29, 0.717) is 25.3 Å². The van der Waals surface area contributed by atoms with Gasteiger partial charge in [0.25, 0.3) is 0 Å². The highest BCUT2D eigenvalue weighted by atomic mass is 19.4. The van der Waals surface area contributed by atoms with Gasteiger partial charge in [0.2, 0.25) is 0 Å². The van der Waals surface area contributed by atoms with Crippen molar-refractivity contribution in [1.29, 1.82) is 0 Å². The largest absolute Gasteiger partial charge is 0.573 e. The predicted molar refractivity (Wildman–Crippen MR) is 115 cm³/mol. The summed E-state index contributed by atoms with van der Waals surface area (Å²) in [5, 5.41) is 4.17. The average Bonchev–Trinajstić information content (AvgIpc) is 3.50. The van der Waals surface area contributed by atoms with Crippen molar-refractivity contribution in [1.82, 2.24) is 24.3 Å². The van der Waals surface area contributed by atoms with E-state index in [0.717, 1.165) is 12.8 Å². The Morgan fingerprint density at radius 2 is 1.91 bits per heavy atom. The normalized spacial score (nSPS) is 23.1. The SMILES string of the molecule is C[C@@]1(CCn2ccnc2)CC[C@@H](COc2ccc(OC(F)(F)F)cc2)[C@H](Cn2cncn2)C1=O. The Balaban J connectivity index is 1.43. The molecule has 3 atom stereocenters. The van der Waals surface area contributed by atoms with E-state index in [4.69, 9.17) is 4.74 Å². The number of hydrogen-bond acceptors (Lipinski definition) is 6. The Labute approximate surface area is 194 Å². The summed E-state index contributed by atoms with van der Waals surface area (Å²) < 4.78 is 50.5. The van der Waals surface area contributed by atoms with Gasteiger partial charge in [-0.15, -0.1) is 13.2 Å². The topological polar surface area (TPSA) is 84.1 Å². The molecule has 4 rings (SSSR count). The molecule has 1 fully saturated rings. The Morgan fingerprint density at radius 3 is 2.56 bits per heavy atom. The number of nitrogens with zero attached hydrogens (tertiary/aromatic N) is 5. The van der Waals surface area contributed by atoms with Crippen LogP contribution in [0, 0.1) is 17.3 Å². The summed E-state index contributed by atoms with van der Waals surface area (Å²) in [5.41, 5.74) is -0.484. The molecule has 8 nitrogen and oxygen atoms in total. The minimum absolute atomic E-state index is 0.0656. The molecule has 0 N–H and O–H groups in total. The zero-order chi connectivity index (χ0) is 24.2. The van der Waals surface area contributed by atoms with Crippen molar-refractivity contribution in [3.05, 3.63) is 55.6 Å². The lowest BCUT2D eigenvalue weighted by Crippen LogP contribution is -2.46. The van der Waals surface area contributed by atoms with E-state index in [2.05, 4.69) is 19.8 Å².